The van der Waals surface area contributed by atoms with E-state index in [9.17, 15) is 0 Å². The molecule has 23 heavy (non-hydrogen) atoms. The SMILES string of the molecule is CCNC(=NCC(C)Cc1cccs1)NCCOCCOC.I. The lowest BCUT2D eigenvalue weighted by atomic mass is 10.1. The van der Waals surface area contributed by atoms with Crippen LogP contribution in [0.5, 0.6) is 0 Å². The van der Waals surface area contributed by atoms with Gasteiger partial charge in [0.1, 0.15) is 0 Å². The third-order valence-electron chi connectivity index (χ3n) is 3.01. The van der Waals surface area contributed by atoms with Crippen molar-refractivity contribution in [1.82, 2.24) is 10.6 Å². The number of halogens is 1. The lowest BCUT2D eigenvalue weighted by Crippen LogP contribution is -2.39. The van der Waals surface area contributed by atoms with Crippen molar-refractivity contribution in [1.29, 1.82) is 0 Å². The predicted octanol–water partition coefficient (Wildman–Crippen LogP) is 2.76. The Hall–Kier alpha value is -0.380. The molecule has 0 aliphatic carbocycles. The summed E-state index contributed by atoms with van der Waals surface area (Å²) in [5.74, 6) is 1.39. The number of rotatable bonds is 11. The summed E-state index contributed by atoms with van der Waals surface area (Å²) in [5, 5.41) is 8.67. The van der Waals surface area contributed by atoms with Crippen LogP contribution in [-0.4, -0.2) is 52.5 Å². The molecule has 0 spiro atoms. The van der Waals surface area contributed by atoms with E-state index in [2.05, 4.69) is 47.0 Å². The molecule has 0 bridgehead atoms. The van der Waals surface area contributed by atoms with Crippen LogP contribution < -0.4 is 10.6 Å². The van der Waals surface area contributed by atoms with Gasteiger partial charge in [0.25, 0.3) is 0 Å². The van der Waals surface area contributed by atoms with E-state index in [0.29, 0.717) is 25.7 Å². The molecule has 7 heteroatoms. The third-order valence-corrected chi connectivity index (χ3v) is 3.90. The number of hydrogen-bond acceptors (Lipinski definition) is 4. The summed E-state index contributed by atoms with van der Waals surface area (Å²) in [6.07, 6.45) is 1.08. The van der Waals surface area contributed by atoms with Crippen LogP contribution in [0.1, 0.15) is 18.7 Å². The van der Waals surface area contributed by atoms with Crippen molar-refractivity contribution >= 4 is 41.3 Å². The number of ether oxygens (including phenoxy) is 2. The summed E-state index contributed by atoms with van der Waals surface area (Å²) in [7, 11) is 1.68. The quantitative estimate of drug-likeness (QED) is 0.233. The highest BCUT2D eigenvalue weighted by atomic mass is 127. The average molecular weight is 455 g/mol. The monoisotopic (exact) mass is 455 g/mol. The van der Waals surface area contributed by atoms with Crippen molar-refractivity contribution in [3.05, 3.63) is 22.4 Å². The number of nitrogens with zero attached hydrogens (tertiary/aromatic N) is 1. The first-order valence-electron chi connectivity index (χ1n) is 7.87. The van der Waals surface area contributed by atoms with Crippen LogP contribution in [0.15, 0.2) is 22.5 Å². The Bertz CT molecular complexity index is 402. The standard InChI is InChI=1S/C16H29N3O2S.HI/c1-4-17-16(18-7-8-21-10-9-20-3)19-13-14(2)12-15-6-5-11-22-15;/h5-6,11,14H,4,7-10,12-13H2,1-3H3,(H2,17,18,19);1H. The summed E-state index contributed by atoms with van der Waals surface area (Å²) >= 11 is 1.81. The summed E-state index contributed by atoms with van der Waals surface area (Å²) in [4.78, 5) is 6.07. The smallest absolute Gasteiger partial charge is 0.191 e. The molecule has 134 valence electrons. The molecule has 1 heterocycles. The number of aliphatic imine (C=N–C) groups is 1. The second-order valence-corrected chi connectivity index (χ2v) is 6.17. The van der Waals surface area contributed by atoms with Gasteiger partial charge in [0.15, 0.2) is 5.96 Å². The van der Waals surface area contributed by atoms with E-state index < -0.39 is 0 Å². The first-order valence-corrected chi connectivity index (χ1v) is 8.75. The molecule has 1 rings (SSSR count). The van der Waals surface area contributed by atoms with Gasteiger partial charge in [-0.2, -0.15) is 0 Å². The van der Waals surface area contributed by atoms with Gasteiger partial charge in [-0.05, 0) is 30.7 Å². The minimum absolute atomic E-state index is 0. The van der Waals surface area contributed by atoms with Gasteiger partial charge in [-0.3, -0.25) is 4.99 Å². The molecule has 0 saturated carbocycles. The van der Waals surface area contributed by atoms with E-state index in [1.54, 1.807) is 7.11 Å². The van der Waals surface area contributed by atoms with Crippen molar-refractivity contribution < 1.29 is 9.47 Å². The molecule has 0 aliphatic rings. The Morgan fingerprint density at radius 2 is 2.13 bits per heavy atom. The second kappa shape index (κ2) is 15.2. The first-order chi connectivity index (χ1) is 10.8. The highest BCUT2D eigenvalue weighted by molar-refractivity contribution is 14.0. The molecule has 1 aromatic heterocycles. The molecular weight excluding hydrogens is 425 g/mol. The van der Waals surface area contributed by atoms with Gasteiger partial charge in [-0.15, -0.1) is 35.3 Å². The van der Waals surface area contributed by atoms with Gasteiger partial charge in [0.2, 0.25) is 0 Å². The van der Waals surface area contributed by atoms with Crippen LogP contribution in [0.4, 0.5) is 0 Å². The second-order valence-electron chi connectivity index (χ2n) is 5.14. The molecule has 1 atom stereocenters. The van der Waals surface area contributed by atoms with Crippen LogP contribution in [-0.2, 0) is 15.9 Å². The Labute approximate surface area is 161 Å². The minimum atomic E-state index is 0. The van der Waals surface area contributed by atoms with Crippen LogP contribution in [0.25, 0.3) is 0 Å². The lowest BCUT2D eigenvalue weighted by Gasteiger charge is -2.13. The fourth-order valence-corrected chi connectivity index (χ4v) is 2.78. The summed E-state index contributed by atoms with van der Waals surface area (Å²) in [6.45, 7) is 8.64. The number of hydrogen-bond donors (Lipinski definition) is 2. The first kappa shape index (κ1) is 22.6. The average Bonchev–Trinajstić information content (AvgIpc) is 3.01. The van der Waals surface area contributed by atoms with Gasteiger partial charge in [-0.25, -0.2) is 0 Å². The fraction of sp³-hybridized carbons (Fsp3) is 0.688. The molecule has 0 radical (unpaired) electrons. The van der Waals surface area contributed by atoms with E-state index in [1.807, 2.05) is 11.3 Å². The van der Waals surface area contributed by atoms with Crippen LogP contribution in [0.3, 0.4) is 0 Å². The largest absolute Gasteiger partial charge is 0.382 e. The molecular formula is C16H30IN3O2S. The van der Waals surface area contributed by atoms with Gasteiger partial charge >= 0.3 is 0 Å². The van der Waals surface area contributed by atoms with Crippen molar-refractivity contribution in [3.8, 4) is 0 Å². The number of thiophene rings is 1. The zero-order chi connectivity index (χ0) is 16.0. The fourth-order valence-electron chi connectivity index (χ4n) is 1.91. The highest BCUT2D eigenvalue weighted by Crippen LogP contribution is 2.14. The topological polar surface area (TPSA) is 54.9 Å². The maximum Gasteiger partial charge on any atom is 0.191 e. The number of methoxy groups -OCH3 is 1. The molecule has 0 aliphatic heterocycles. The van der Waals surface area contributed by atoms with Crippen LogP contribution in [0.2, 0.25) is 0 Å². The van der Waals surface area contributed by atoms with Gasteiger partial charge in [0, 0.05) is 31.6 Å². The Balaban J connectivity index is 0.00000484. The van der Waals surface area contributed by atoms with Gasteiger partial charge < -0.3 is 20.1 Å². The number of nitrogens with one attached hydrogen (secondary N) is 2. The van der Waals surface area contributed by atoms with Crippen molar-refractivity contribution in [2.45, 2.75) is 20.3 Å². The van der Waals surface area contributed by atoms with Crippen molar-refractivity contribution in [2.24, 2.45) is 10.9 Å². The maximum absolute atomic E-state index is 5.43. The summed E-state index contributed by atoms with van der Waals surface area (Å²) in [5.41, 5.74) is 0. The zero-order valence-corrected chi connectivity index (χ0v) is 17.5. The van der Waals surface area contributed by atoms with Gasteiger partial charge in [-0.1, -0.05) is 13.0 Å². The lowest BCUT2D eigenvalue weighted by molar-refractivity contribution is 0.0733. The van der Waals surface area contributed by atoms with E-state index in [0.717, 1.165) is 32.0 Å². The zero-order valence-electron chi connectivity index (χ0n) is 14.3. The highest BCUT2D eigenvalue weighted by Gasteiger charge is 2.05. The minimum Gasteiger partial charge on any atom is -0.382 e. The molecule has 0 fully saturated rings. The number of guanidine groups is 1. The van der Waals surface area contributed by atoms with E-state index in [4.69, 9.17) is 9.47 Å². The van der Waals surface area contributed by atoms with Crippen LogP contribution in [0, 0.1) is 5.92 Å². The van der Waals surface area contributed by atoms with E-state index >= 15 is 0 Å². The Kier molecular flexibility index (Phi) is 14.9. The molecule has 0 amide bonds. The van der Waals surface area contributed by atoms with Gasteiger partial charge in [0.05, 0.1) is 19.8 Å². The molecule has 1 unspecified atom stereocenters. The summed E-state index contributed by atoms with van der Waals surface area (Å²) < 4.78 is 10.4. The van der Waals surface area contributed by atoms with Crippen LogP contribution >= 0.6 is 35.3 Å². The molecule has 0 aromatic carbocycles. The normalized spacial score (nSPS) is 12.6. The molecule has 1 aromatic rings. The van der Waals surface area contributed by atoms with E-state index in [1.165, 1.54) is 4.88 Å². The Morgan fingerprint density at radius 3 is 2.78 bits per heavy atom. The molecule has 0 saturated heterocycles. The maximum atomic E-state index is 5.43. The Morgan fingerprint density at radius 1 is 1.30 bits per heavy atom. The third kappa shape index (κ3) is 11.7. The predicted molar refractivity (Wildman–Crippen MR) is 109 cm³/mol. The van der Waals surface area contributed by atoms with Crippen molar-refractivity contribution in [2.75, 3.05) is 46.6 Å². The molecule has 5 nitrogen and oxygen atoms in total. The van der Waals surface area contributed by atoms with Crippen molar-refractivity contribution in [3.63, 3.8) is 0 Å². The summed E-state index contributed by atoms with van der Waals surface area (Å²) in [6, 6.07) is 4.29. The molecule has 2 N–H and O–H groups in total. The van der Waals surface area contributed by atoms with E-state index in [-0.39, 0.29) is 24.0 Å².